The van der Waals surface area contributed by atoms with E-state index < -0.39 is 24.0 Å². The fourth-order valence-electron chi connectivity index (χ4n) is 2.92. The summed E-state index contributed by atoms with van der Waals surface area (Å²) in [5.74, 6) is 2.41. The van der Waals surface area contributed by atoms with Gasteiger partial charge in [-0.3, -0.25) is 9.59 Å². The van der Waals surface area contributed by atoms with Gasteiger partial charge in [0.1, 0.15) is 24.1 Å². The highest BCUT2D eigenvalue weighted by Crippen LogP contribution is 2.28. The minimum atomic E-state index is -0.905. The van der Waals surface area contributed by atoms with Gasteiger partial charge in [-0.1, -0.05) is 58.9 Å². The van der Waals surface area contributed by atoms with Crippen molar-refractivity contribution < 1.29 is 19.1 Å². The normalized spacial score (nSPS) is 12.6. The number of carbonyl (C=O) groups is 2. The van der Waals surface area contributed by atoms with E-state index >= 15 is 0 Å². The van der Waals surface area contributed by atoms with Crippen LogP contribution < -0.4 is 20.2 Å². The van der Waals surface area contributed by atoms with Crippen molar-refractivity contribution >= 4 is 57.2 Å². The molecular formula is C25H26BrCl2N3O4. The maximum absolute atomic E-state index is 12.8. The van der Waals surface area contributed by atoms with Gasteiger partial charge in [0.2, 0.25) is 0 Å². The van der Waals surface area contributed by atoms with Gasteiger partial charge in [0.25, 0.3) is 11.8 Å². The van der Waals surface area contributed by atoms with Gasteiger partial charge in [-0.2, -0.15) is 5.10 Å². The van der Waals surface area contributed by atoms with Crippen LogP contribution in [0.5, 0.6) is 11.5 Å². The maximum Gasteiger partial charge on any atom is 0.262 e. The topological polar surface area (TPSA) is 89.0 Å². The van der Waals surface area contributed by atoms with E-state index in [1.165, 1.54) is 12.3 Å². The van der Waals surface area contributed by atoms with E-state index in [1.54, 1.807) is 37.3 Å². The molecule has 0 fully saturated rings. The first-order chi connectivity index (χ1) is 16.6. The van der Waals surface area contributed by atoms with Gasteiger partial charge in [-0.05, 0) is 55.7 Å². The standard InChI is InChI=1S/C25H26BrCl2N3O4/c1-5-10-34-22-8-6-18(26)12-17(22)14-29-31-25(33)21(11-15(2)3)30-24(32)16(4)35-23-9-7-19(27)13-20(23)28/h1,6-9,12-16,21H,10-11H2,2-4H3,(H,30,32)(H,31,33)/b29-14-/t16-,21-/m0/s1. The summed E-state index contributed by atoms with van der Waals surface area (Å²) in [7, 11) is 0. The smallest absolute Gasteiger partial charge is 0.262 e. The van der Waals surface area contributed by atoms with Gasteiger partial charge in [-0.15, -0.1) is 6.42 Å². The van der Waals surface area contributed by atoms with Crippen LogP contribution in [0.4, 0.5) is 0 Å². The van der Waals surface area contributed by atoms with E-state index in [0.29, 0.717) is 28.5 Å². The molecule has 2 amide bonds. The molecule has 2 N–H and O–H groups in total. The Labute approximate surface area is 223 Å². The average Bonchev–Trinajstić information content (AvgIpc) is 2.79. The van der Waals surface area contributed by atoms with Crippen LogP contribution in [-0.2, 0) is 9.59 Å². The van der Waals surface area contributed by atoms with Gasteiger partial charge in [-0.25, -0.2) is 5.43 Å². The number of benzene rings is 2. The minimum Gasteiger partial charge on any atom is -0.480 e. The molecule has 0 aliphatic carbocycles. The molecule has 0 saturated heterocycles. The molecule has 7 nitrogen and oxygen atoms in total. The molecule has 0 spiro atoms. The van der Waals surface area contributed by atoms with Crippen LogP contribution in [0.3, 0.4) is 0 Å². The molecule has 0 aromatic heterocycles. The molecule has 0 aliphatic rings. The second-order valence-corrected chi connectivity index (χ2v) is 9.69. The number of hydrazone groups is 1. The second-order valence-electron chi connectivity index (χ2n) is 7.93. The molecule has 0 radical (unpaired) electrons. The Morgan fingerprint density at radius 3 is 2.51 bits per heavy atom. The lowest BCUT2D eigenvalue weighted by molar-refractivity contribution is -0.132. The summed E-state index contributed by atoms with van der Waals surface area (Å²) in [6.07, 6.45) is 6.19. The fraction of sp³-hybridized carbons (Fsp3) is 0.320. The van der Waals surface area contributed by atoms with Crippen LogP contribution in [0.2, 0.25) is 10.0 Å². The molecule has 186 valence electrons. The Morgan fingerprint density at radius 1 is 1.14 bits per heavy atom. The quantitative estimate of drug-likeness (QED) is 0.216. The van der Waals surface area contributed by atoms with Crippen LogP contribution in [-0.4, -0.2) is 36.8 Å². The first-order valence-corrected chi connectivity index (χ1v) is 12.3. The van der Waals surface area contributed by atoms with Crippen molar-refractivity contribution in [3.63, 3.8) is 0 Å². The van der Waals surface area contributed by atoms with Crippen molar-refractivity contribution in [2.45, 2.75) is 39.3 Å². The summed E-state index contributed by atoms with van der Waals surface area (Å²) in [5, 5.41) is 7.48. The Balaban J connectivity index is 2.06. The zero-order chi connectivity index (χ0) is 26.0. The van der Waals surface area contributed by atoms with Gasteiger partial charge >= 0.3 is 0 Å². The molecular weight excluding hydrogens is 557 g/mol. The highest BCUT2D eigenvalue weighted by molar-refractivity contribution is 9.10. The molecule has 2 aromatic rings. The summed E-state index contributed by atoms with van der Waals surface area (Å²) < 4.78 is 11.9. The molecule has 35 heavy (non-hydrogen) atoms. The monoisotopic (exact) mass is 581 g/mol. The van der Waals surface area contributed by atoms with Gasteiger partial charge in [0.05, 0.1) is 11.2 Å². The van der Waals surface area contributed by atoms with Crippen molar-refractivity contribution in [3.05, 3.63) is 56.5 Å². The Kier molecular flexibility index (Phi) is 11.4. The van der Waals surface area contributed by atoms with E-state index in [1.807, 2.05) is 13.8 Å². The number of nitrogens with one attached hydrogen (secondary N) is 2. The van der Waals surface area contributed by atoms with E-state index in [2.05, 4.69) is 37.7 Å². The van der Waals surface area contributed by atoms with Gasteiger partial charge < -0.3 is 14.8 Å². The molecule has 2 atom stereocenters. The van der Waals surface area contributed by atoms with Crippen molar-refractivity contribution in [1.82, 2.24) is 10.7 Å². The fourth-order valence-corrected chi connectivity index (χ4v) is 3.75. The van der Waals surface area contributed by atoms with E-state index in [9.17, 15) is 9.59 Å². The van der Waals surface area contributed by atoms with Gasteiger partial charge in [0.15, 0.2) is 6.10 Å². The average molecular weight is 583 g/mol. The highest BCUT2D eigenvalue weighted by atomic mass is 79.9. The molecule has 10 heteroatoms. The molecule has 0 bridgehead atoms. The number of hydrogen-bond acceptors (Lipinski definition) is 5. The maximum atomic E-state index is 12.8. The Hall–Kier alpha value is -2.73. The molecule has 2 rings (SSSR count). The first kappa shape index (κ1) is 28.5. The van der Waals surface area contributed by atoms with Crippen molar-refractivity contribution in [2.24, 2.45) is 11.0 Å². The van der Waals surface area contributed by atoms with E-state index in [0.717, 1.165) is 4.47 Å². The number of carbonyl (C=O) groups excluding carboxylic acids is 2. The van der Waals surface area contributed by atoms with E-state index in [4.69, 9.17) is 39.1 Å². The lowest BCUT2D eigenvalue weighted by atomic mass is 10.0. The molecule has 2 aromatic carbocycles. The first-order valence-electron chi connectivity index (χ1n) is 10.7. The van der Waals surface area contributed by atoms with Crippen LogP contribution in [0.15, 0.2) is 46.0 Å². The van der Waals surface area contributed by atoms with E-state index in [-0.39, 0.29) is 17.5 Å². The lowest BCUT2D eigenvalue weighted by Crippen LogP contribution is -2.49. The third kappa shape index (κ3) is 9.44. The van der Waals surface area contributed by atoms with Crippen molar-refractivity contribution in [3.8, 4) is 23.8 Å². The zero-order valence-corrected chi connectivity index (χ0v) is 22.6. The number of amides is 2. The summed E-state index contributed by atoms with van der Waals surface area (Å²) in [6.45, 7) is 5.55. The SMILES string of the molecule is C#CCOc1ccc(Br)cc1/C=N\NC(=O)[C@H](CC(C)C)NC(=O)[C@H](C)Oc1ccc(Cl)cc1Cl. The highest BCUT2D eigenvalue weighted by Gasteiger charge is 2.25. The third-order valence-corrected chi connectivity index (χ3v) is 5.59. The summed E-state index contributed by atoms with van der Waals surface area (Å²) in [4.78, 5) is 25.6. The Bertz CT molecular complexity index is 1120. The number of hydrogen-bond donors (Lipinski definition) is 2. The number of terminal acetylenes is 1. The predicted molar refractivity (Wildman–Crippen MR) is 142 cm³/mol. The number of ether oxygens (including phenoxy) is 2. The molecule has 0 unspecified atom stereocenters. The van der Waals surface area contributed by atoms with Crippen LogP contribution in [0.1, 0.15) is 32.8 Å². The largest absolute Gasteiger partial charge is 0.480 e. The molecule has 0 aliphatic heterocycles. The number of rotatable bonds is 11. The lowest BCUT2D eigenvalue weighted by Gasteiger charge is -2.22. The van der Waals surface area contributed by atoms with Crippen molar-refractivity contribution in [2.75, 3.05) is 6.61 Å². The van der Waals surface area contributed by atoms with Crippen molar-refractivity contribution in [1.29, 1.82) is 0 Å². The van der Waals surface area contributed by atoms with Crippen LogP contribution in [0, 0.1) is 18.3 Å². The molecule has 0 saturated carbocycles. The zero-order valence-electron chi connectivity index (χ0n) is 19.5. The van der Waals surface area contributed by atoms with Crippen LogP contribution in [0.25, 0.3) is 0 Å². The minimum absolute atomic E-state index is 0.0960. The number of nitrogens with zero attached hydrogens (tertiary/aromatic N) is 1. The summed E-state index contributed by atoms with van der Waals surface area (Å²) >= 11 is 15.4. The van der Waals surface area contributed by atoms with Crippen LogP contribution >= 0.6 is 39.1 Å². The van der Waals surface area contributed by atoms with Gasteiger partial charge in [0, 0.05) is 15.1 Å². The Morgan fingerprint density at radius 2 is 1.86 bits per heavy atom. The second kappa shape index (κ2) is 14.0. The summed E-state index contributed by atoms with van der Waals surface area (Å²) in [5.41, 5.74) is 3.09. The predicted octanol–water partition coefficient (Wildman–Crippen LogP) is 5.22. The summed E-state index contributed by atoms with van der Waals surface area (Å²) in [6, 6.07) is 9.18. The number of halogens is 3. The molecule has 0 heterocycles. The third-order valence-electron chi connectivity index (χ3n) is 4.57.